The van der Waals surface area contributed by atoms with Crippen molar-refractivity contribution in [1.82, 2.24) is 19.9 Å². The quantitative estimate of drug-likeness (QED) is 0.434. The number of methoxy groups -OCH3 is 1. The maximum Gasteiger partial charge on any atom is 0.226 e. The van der Waals surface area contributed by atoms with Gasteiger partial charge in [0.2, 0.25) is 5.91 Å². The summed E-state index contributed by atoms with van der Waals surface area (Å²) < 4.78 is 12.3. The van der Waals surface area contributed by atoms with Gasteiger partial charge < -0.3 is 14.6 Å². The number of aromatic nitrogens is 4. The number of carbonyl (C=O) groups excluding carboxylic acids is 1. The molecule has 0 fully saturated rings. The first-order valence-corrected chi connectivity index (χ1v) is 9.64. The Morgan fingerprint density at radius 3 is 2.93 bits per heavy atom. The zero-order valence-corrected chi connectivity index (χ0v) is 16.5. The molecule has 146 valence electrons. The van der Waals surface area contributed by atoms with E-state index in [0.717, 1.165) is 11.3 Å². The van der Waals surface area contributed by atoms with Crippen LogP contribution in [0, 0.1) is 6.92 Å². The van der Waals surface area contributed by atoms with E-state index in [0.29, 0.717) is 41.3 Å². The van der Waals surface area contributed by atoms with E-state index >= 15 is 0 Å². The van der Waals surface area contributed by atoms with Gasteiger partial charge in [-0.1, -0.05) is 35.1 Å². The minimum Gasteiger partial charge on any atom is -0.496 e. The van der Waals surface area contributed by atoms with Crippen molar-refractivity contribution in [1.29, 1.82) is 0 Å². The number of benzene rings is 1. The number of amides is 1. The molecular formula is C19H21N5O3S. The van der Waals surface area contributed by atoms with Crippen molar-refractivity contribution in [3.05, 3.63) is 48.7 Å². The molecule has 3 rings (SSSR count). The van der Waals surface area contributed by atoms with E-state index in [1.165, 1.54) is 11.8 Å². The fourth-order valence-corrected chi connectivity index (χ4v) is 3.47. The van der Waals surface area contributed by atoms with Crippen molar-refractivity contribution in [3.63, 3.8) is 0 Å². The van der Waals surface area contributed by atoms with E-state index in [1.807, 2.05) is 28.8 Å². The second-order valence-corrected chi connectivity index (χ2v) is 6.94. The molecule has 0 radical (unpaired) electrons. The first-order valence-electron chi connectivity index (χ1n) is 8.66. The zero-order chi connectivity index (χ0) is 19.9. The first kappa shape index (κ1) is 19.7. The molecule has 0 saturated carbocycles. The van der Waals surface area contributed by atoms with E-state index in [-0.39, 0.29) is 5.91 Å². The van der Waals surface area contributed by atoms with Crippen LogP contribution >= 0.6 is 11.8 Å². The van der Waals surface area contributed by atoms with Gasteiger partial charge in [-0.25, -0.2) is 0 Å². The molecule has 1 N–H and O–H groups in total. The third-order valence-electron chi connectivity index (χ3n) is 3.83. The van der Waals surface area contributed by atoms with Crippen LogP contribution in [0.1, 0.15) is 12.2 Å². The summed E-state index contributed by atoms with van der Waals surface area (Å²) in [6, 6.07) is 9.31. The normalized spacial score (nSPS) is 10.6. The van der Waals surface area contributed by atoms with Gasteiger partial charge in [-0.05, 0) is 19.1 Å². The van der Waals surface area contributed by atoms with Crippen molar-refractivity contribution in [2.24, 2.45) is 0 Å². The standard InChI is InChI=1S/C19H21N5O3S/c1-4-10-24-18(14-7-5-6-8-15(14)26-3)21-22-19(24)28-11-9-17(25)20-16-12-13(2)27-23-16/h4-8,12H,1,9-11H2,2-3H3,(H,20,23,25). The zero-order valence-electron chi connectivity index (χ0n) is 15.7. The minimum atomic E-state index is -0.138. The average Bonchev–Trinajstić information content (AvgIpc) is 3.28. The van der Waals surface area contributed by atoms with Crippen molar-refractivity contribution in [2.45, 2.75) is 25.0 Å². The van der Waals surface area contributed by atoms with Gasteiger partial charge in [0.1, 0.15) is 11.5 Å². The van der Waals surface area contributed by atoms with Crippen LogP contribution in [0.2, 0.25) is 0 Å². The smallest absolute Gasteiger partial charge is 0.226 e. The van der Waals surface area contributed by atoms with Crippen LogP contribution in [0.25, 0.3) is 11.4 Å². The fraction of sp³-hybridized carbons (Fsp3) is 0.263. The largest absolute Gasteiger partial charge is 0.496 e. The number of rotatable bonds is 9. The number of carbonyl (C=O) groups is 1. The summed E-state index contributed by atoms with van der Waals surface area (Å²) in [6.45, 7) is 6.13. The number of nitrogens with one attached hydrogen (secondary N) is 1. The summed E-state index contributed by atoms with van der Waals surface area (Å²) in [5.74, 6) is 2.89. The number of hydrogen-bond donors (Lipinski definition) is 1. The molecule has 0 aliphatic carbocycles. The number of anilines is 1. The number of nitrogens with zero attached hydrogens (tertiary/aromatic N) is 4. The summed E-state index contributed by atoms with van der Waals surface area (Å²) >= 11 is 1.46. The second-order valence-electron chi connectivity index (χ2n) is 5.88. The Labute approximate surface area is 167 Å². The third-order valence-corrected chi connectivity index (χ3v) is 4.80. The molecule has 0 bridgehead atoms. The number of hydrogen-bond acceptors (Lipinski definition) is 7. The van der Waals surface area contributed by atoms with Crippen molar-refractivity contribution >= 4 is 23.5 Å². The van der Waals surface area contributed by atoms with Crippen molar-refractivity contribution in [2.75, 3.05) is 18.2 Å². The number of aryl methyl sites for hydroxylation is 1. The lowest BCUT2D eigenvalue weighted by Gasteiger charge is -2.10. The first-order chi connectivity index (χ1) is 13.6. The fourth-order valence-electron chi connectivity index (χ4n) is 2.58. The highest BCUT2D eigenvalue weighted by atomic mass is 32.2. The van der Waals surface area contributed by atoms with Gasteiger partial charge >= 0.3 is 0 Å². The van der Waals surface area contributed by atoms with Crippen LogP contribution in [0.4, 0.5) is 5.82 Å². The van der Waals surface area contributed by atoms with Gasteiger partial charge in [0.05, 0.1) is 12.7 Å². The summed E-state index contributed by atoms with van der Waals surface area (Å²) in [4.78, 5) is 12.1. The van der Waals surface area contributed by atoms with Gasteiger partial charge in [-0.3, -0.25) is 9.36 Å². The molecule has 2 heterocycles. The van der Waals surface area contributed by atoms with Crippen LogP contribution in [-0.4, -0.2) is 38.7 Å². The maximum atomic E-state index is 12.1. The predicted octanol–water partition coefficient (Wildman–Crippen LogP) is 3.56. The number of thioether (sulfide) groups is 1. The van der Waals surface area contributed by atoms with E-state index in [9.17, 15) is 4.79 Å². The Bertz CT molecular complexity index is 966. The molecule has 3 aromatic rings. The second kappa shape index (κ2) is 9.23. The highest BCUT2D eigenvalue weighted by molar-refractivity contribution is 7.99. The summed E-state index contributed by atoms with van der Waals surface area (Å²) in [5, 5.41) is 15.8. The topological polar surface area (TPSA) is 95.1 Å². The molecule has 8 nitrogen and oxygen atoms in total. The van der Waals surface area contributed by atoms with Crippen LogP contribution in [0.3, 0.4) is 0 Å². The average molecular weight is 399 g/mol. The van der Waals surface area contributed by atoms with E-state index in [4.69, 9.17) is 9.26 Å². The monoisotopic (exact) mass is 399 g/mol. The molecule has 2 aromatic heterocycles. The van der Waals surface area contributed by atoms with Crippen LogP contribution in [-0.2, 0) is 11.3 Å². The number of allylic oxidation sites excluding steroid dienone is 1. The Kier molecular flexibility index (Phi) is 6.49. The van der Waals surface area contributed by atoms with Gasteiger partial charge in [0.15, 0.2) is 16.8 Å². The third kappa shape index (κ3) is 4.61. The Morgan fingerprint density at radius 1 is 1.39 bits per heavy atom. The maximum absolute atomic E-state index is 12.1. The van der Waals surface area contributed by atoms with Gasteiger partial charge in [-0.2, -0.15) is 0 Å². The Hall–Kier alpha value is -3.07. The lowest BCUT2D eigenvalue weighted by Crippen LogP contribution is -2.12. The van der Waals surface area contributed by atoms with Crippen LogP contribution in [0.5, 0.6) is 5.75 Å². The molecule has 0 atom stereocenters. The predicted molar refractivity (Wildman–Crippen MR) is 107 cm³/mol. The number of para-hydroxylation sites is 1. The van der Waals surface area contributed by atoms with Gasteiger partial charge in [0.25, 0.3) is 0 Å². The molecule has 1 aromatic carbocycles. The molecule has 0 unspecified atom stereocenters. The van der Waals surface area contributed by atoms with E-state index in [2.05, 4.69) is 27.2 Å². The highest BCUT2D eigenvalue weighted by Gasteiger charge is 2.17. The molecule has 0 spiro atoms. The summed E-state index contributed by atoms with van der Waals surface area (Å²) in [7, 11) is 1.62. The molecule has 28 heavy (non-hydrogen) atoms. The molecule has 0 saturated heterocycles. The SMILES string of the molecule is C=CCn1c(SCCC(=O)Nc2cc(C)on2)nnc1-c1ccccc1OC. The van der Waals surface area contributed by atoms with Crippen LogP contribution in [0.15, 0.2) is 52.7 Å². The molecule has 0 aliphatic rings. The minimum absolute atomic E-state index is 0.138. The van der Waals surface area contributed by atoms with Crippen molar-refractivity contribution in [3.8, 4) is 17.1 Å². The molecule has 9 heteroatoms. The lowest BCUT2D eigenvalue weighted by molar-refractivity contribution is -0.115. The summed E-state index contributed by atoms with van der Waals surface area (Å²) in [5.41, 5.74) is 0.852. The van der Waals surface area contributed by atoms with Gasteiger partial charge in [-0.15, -0.1) is 16.8 Å². The number of ether oxygens (including phenoxy) is 1. The van der Waals surface area contributed by atoms with E-state index < -0.39 is 0 Å². The van der Waals surface area contributed by atoms with Crippen LogP contribution < -0.4 is 10.1 Å². The Morgan fingerprint density at radius 2 is 2.21 bits per heavy atom. The molecule has 1 amide bonds. The summed E-state index contributed by atoms with van der Waals surface area (Å²) in [6.07, 6.45) is 2.09. The van der Waals surface area contributed by atoms with Crippen molar-refractivity contribution < 1.29 is 14.1 Å². The van der Waals surface area contributed by atoms with E-state index in [1.54, 1.807) is 26.2 Å². The highest BCUT2D eigenvalue weighted by Crippen LogP contribution is 2.31. The van der Waals surface area contributed by atoms with Gasteiger partial charge in [0, 0.05) is 24.8 Å². The molecular weight excluding hydrogens is 378 g/mol. The Balaban J connectivity index is 1.68. The molecule has 0 aliphatic heterocycles. The lowest BCUT2D eigenvalue weighted by atomic mass is 10.2.